The van der Waals surface area contributed by atoms with Crippen LogP contribution in [-0.4, -0.2) is 33.0 Å². The lowest BCUT2D eigenvalue weighted by Gasteiger charge is -2.26. The maximum absolute atomic E-state index is 12.9. The molecule has 2 rings (SSSR count). The van der Waals surface area contributed by atoms with Gasteiger partial charge in [0.1, 0.15) is 12.3 Å². The Hall–Kier alpha value is -0.270. The van der Waals surface area contributed by atoms with E-state index in [9.17, 15) is 17.2 Å². The number of alkyl halides is 2. The molecular formula is C12H20F2O4S. The van der Waals surface area contributed by atoms with Crippen LogP contribution in [0.2, 0.25) is 0 Å². The average molecular weight is 298 g/mol. The van der Waals surface area contributed by atoms with Crippen molar-refractivity contribution in [3.63, 3.8) is 0 Å². The molecule has 4 nitrogen and oxygen atoms in total. The van der Waals surface area contributed by atoms with Crippen LogP contribution in [-0.2, 0) is 18.8 Å². The molecule has 0 atom stereocenters. The van der Waals surface area contributed by atoms with Gasteiger partial charge in [0, 0.05) is 0 Å². The molecule has 0 heterocycles. The van der Waals surface area contributed by atoms with E-state index in [1.807, 2.05) is 0 Å². The van der Waals surface area contributed by atoms with Gasteiger partial charge in [-0.1, -0.05) is 0 Å². The van der Waals surface area contributed by atoms with Crippen LogP contribution in [0.3, 0.4) is 0 Å². The third-order valence-corrected chi connectivity index (χ3v) is 4.73. The molecule has 2 aliphatic rings. The minimum atomic E-state index is -4.06. The molecule has 0 aromatic rings. The molecule has 2 saturated carbocycles. The molecule has 0 aliphatic heterocycles. The van der Waals surface area contributed by atoms with E-state index in [-0.39, 0.29) is 0 Å². The highest BCUT2D eigenvalue weighted by Crippen LogP contribution is 2.28. The molecule has 0 amide bonds. The fourth-order valence-corrected chi connectivity index (χ4v) is 3.69. The second kappa shape index (κ2) is 6.45. The van der Waals surface area contributed by atoms with Crippen LogP contribution in [0.25, 0.3) is 0 Å². The smallest absolute Gasteiger partial charge is 0.247 e. The highest BCUT2D eigenvalue weighted by molar-refractivity contribution is 7.81. The Labute approximate surface area is 112 Å². The van der Waals surface area contributed by atoms with Gasteiger partial charge in [0.25, 0.3) is 0 Å². The molecule has 0 radical (unpaired) electrons. The second-order valence-electron chi connectivity index (χ2n) is 5.35. The van der Waals surface area contributed by atoms with Crippen molar-refractivity contribution in [1.29, 1.82) is 0 Å². The zero-order valence-electron chi connectivity index (χ0n) is 10.8. The maximum atomic E-state index is 12.9. The van der Waals surface area contributed by atoms with Crippen molar-refractivity contribution < 1.29 is 25.6 Å². The summed E-state index contributed by atoms with van der Waals surface area (Å²) in [5.74, 6) is 0. The molecule has 0 aromatic carbocycles. The first-order valence-corrected chi connectivity index (χ1v) is 8.17. The molecule has 0 unspecified atom stereocenters. The van der Waals surface area contributed by atoms with Gasteiger partial charge in [0.2, 0.25) is 0 Å². The Balaban J connectivity index is 1.78. The fraction of sp³-hybridized carbons (Fsp3) is 1.00. The summed E-state index contributed by atoms with van der Waals surface area (Å²) in [5.41, 5.74) is 0. The van der Waals surface area contributed by atoms with E-state index in [0.29, 0.717) is 51.4 Å². The summed E-state index contributed by atoms with van der Waals surface area (Å²) in [6.07, 6.45) is 0.167. The van der Waals surface area contributed by atoms with Crippen LogP contribution >= 0.6 is 0 Å². The van der Waals surface area contributed by atoms with Crippen LogP contribution in [0.15, 0.2) is 0 Å². The number of hydrogen-bond acceptors (Lipinski definition) is 4. The minimum absolute atomic E-state index is 0.327. The number of rotatable bonds is 4. The van der Waals surface area contributed by atoms with Gasteiger partial charge in [-0.2, -0.15) is 8.42 Å². The second-order valence-corrected chi connectivity index (χ2v) is 6.55. The van der Waals surface area contributed by atoms with Gasteiger partial charge in [-0.05, 0) is 51.4 Å². The highest BCUT2D eigenvalue weighted by atomic mass is 32.3. The van der Waals surface area contributed by atoms with Gasteiger partial charge in [0.15, 0.2) is 0 Å². The van der Waals surface area contributed by atoms with Crippen molar-refractivity contribution in [2.75, 3.05) is 0 Å². The van der Waals surface area contributed by atoms with E-state index >= 15 is 0 Å². The predicted molar refractivity (Wildman–Crippen MR) is 65.4 cm³/mol. The summed E-state index contributed by atoms with van der Waals surface area (Å²) in [5, 5.41) is 0. The quantitative estimate of drug-likeness (QED) is 0.801. The highest BCUT2D eigenvalue weighted by Gasteiger charge is 2.30. The van der Waals surface area contributed by atoms with Crippen molar-refractivity contribution in [3.05, 3.63) is 0 Å². The van der Waals surface area contributed by atoms with Gasteiger partial charge in [-0.15, -0.1) is 0 Å². The van der Waals surface area contributed by atoms with Crippen LogP contribution in [0.1, 0.15) is 51.4 Å². The summed E-state index contributed by atoms with van der Waals surface area (Å²) in [6.45, 7) is 0. The summed E-state index contributed by atoms with van der Waals surface area (Å²) in [7, 11) is -4.06. The molecule has 19 heavy (non-hydrogen) atoms. The summed E-state index contributed by atoms with van der Waals surface area (Å²) >= 11 is 0. The molecular weight excluding hydrogens is 278 g/mol. The van der Waals surface area contributed by atoms with E-state index in [1.165, 1.54) is 0 Å². The fourth-order valence-electron chi connectivity index (χ4n) is 2.59. The standard InChI is InChI=1S/C12H20F2O4S/c13-9-1-5-11(6-2-9)17-19(15,16)18-12-7-3-10(14)4-8-12/h9-12H,1-8H2. The van der Waals surface area contributed by atoms with E-state index in [1.54, 1.807) is 0 Å². The SMILES string of the molecule is O=S(=O)(OC1CCC(F)CC1)OC1CCC(F)CC1. The van der Waals surface area contributed by atoms with Gasteiger partial charge < -0.3 is 0 Å². The monoisotopic (exact) mass is 298 g/mol. The van der Waals surface area contributed by atoms with Gasteiger partial charge in [-0.3, -0.25) is 0 Å². The topological polar surface area (TPSA) is 52.6 Å². The summed E-state index contributed by atoms with van der Waals surface area (Å²) in [4.78, 5) is 0. The van der Waals surface area contributed by atoms with Crippen LogP contribution in [0.4, 0.5) is 8.78 Å². The molecule has 112 valence electrons. The first-order chi connectivity index (χ1) is 8.94. The van der Waals surface area contributed by atoms with Crippen molar-refractivity contribution in [2.45, 2.75) is 75.9 Å². The lowest BCUT2D eigenvalue weighted by molar-refractivity contribution is 0.0632. The number of halogens is 2. The Morgan fingerprint density at radius 1 is 0.684 bits per heavy atom. The summed E-state index contributed by atoms with van der Waals surface area (Å²) in [6, 6.07) is 0. The predicted octanol–water partition coefficient (Wildman–Crippen LogP) is 2.83. The van der Waals surface area contributed by atoms with Gasteiger partial charge >= 0.3 is 10.4 Å². The van der Waals surface area contributed by atoms with Crippen molar-refractivity contribution >= 4 is 10.4 Å². The van der Waals surface area contributed by atoms with Crippen LogP contribution < -0.4 is 0 Å². The van der Waals surface area contributed by atoms with Crippen LogP contribution in [0, 0.1) is 0 Å². The van der Waals surface area contributed by atoms with E-state index < -0.39 is 35.0 Å². The van der Waals surface area contributed by atoms with E-state index in [2.05, 4.69) is 0 Å². The minimum Gasteiger partial charge on any atom is -0.247 e. The lowest BCUT2D eigenvalue weighted by atomic mass is 9.96. The molecule has 0 spiro atoms. The third-order valence-electron chi connectivity index (χ3n) is 3.72. The first-order valence-electron chi connectivity index (χ1n) is 6.84. The Bertz CT molecular complexity index is 341. The molecule has 2 aliphatic carbocycles. The van der Waals surface area contributed by atoms with Gasteiger partial charge in [-0.25, -0.2) is 17.1 Å². The van der Waals surface area contributed by atoms with Crippen molar-refractivity contribution in [2.24, 2.45) is 0 Å². The Kier molecular flexibility index (Phi) is 5.14. The van der Waals surface area contributed by atoms with Gasteiger partial charge in [0.05, 0.1) is 12.2 Å². The lowest BCUT2D eigenvalue weighted by Crippen LogP contribution is -2.30. The van der Waals surface area contributed by atoms with E-state index in [0.717, 1.165) is 0 Å². The zero-order valence-corrected chi connectivity index (χ0v) is 11.6. The maximum Gasteiger partial charge on any atom is 0.400 e. The van der Waals surface area contributed by atoms with Crippen LogP contribution in [0.5, 0.6) is 0 Å². The first kappa shape index (κ1) is 15.1. The molecule has 2 fully saturated rings. The molecule has 7 heteroatoms. The molecule has 0 saturated heterocycles. The average Bonchev–Trinajstić information content (AvgIpc) is 2.34. The zero-order chi connectivity index (χ0) is 13.9. The third kappa shape index (κ3) is 4.96. The largest absolute Gasteiger partial charge is 0.400 e. The normalized spacial score (nSPS) is 37.2. The Morgan fingerprint density at radius 3 is 1.32 bits per heavy atom. The molecule has 0 bridgehead atoms. The van der Waals surface area contributed by atoms with Crippen molar-refractivity contribution in [3.8, 4) is 0 Å². The summed E-state index contributed by atoms with van der Waals surface area (Å²) < 4.78 is 59.1. The number of hydrogen-bond donors (Lipinski definition) is 0. The Morgan fingerprint density at radius 2 is 1.00 bits per heavy atom. The molecule has 0 aromatic heterocycles. The van der Waals surface area contributed by atoms with Crippen molar-refractivity contribution in [1.82, 2.24) is 0 Å². The van der Waals surface area contributed by atoms with E-state index in [4.69, 9.17) is 8.37 Å². The molecule has 0 N–H and O–H groups in total.